The smallest absolute Gasteiger partial charge is 0.158 e. The van der Waals surface area contributed by atoms with Crippen molar-refractivity contribution in [1.29, 1.82) is 0 Å². The number of Topliss-reactive ketones (excluding diaryl/α,β-unsaturated/α-hetero) is 1. The SMILES string of the molecule is CC(=O)C(O)CC1CCCN1. The van der Waals surface area contributed by atoms with Crippen LogP contribution in [-0.2, 0) is 4.79 Å². The molecule has 3 nitrogen and oxygen atoms in total. The van der Waals surface area contributed by atoms with Crippen molar-refractivity contribution in [2.75, 3.05) is 6.54 Å². The first-order valence-electron chi connectivity index (χ1n) is 4.12. The Labute approximate surface area is 66.8 Å². The van der Waals surface area contributed by atoms with Gasteiger partial charge in [0.1, 0.15) is 6.10 Å². The molecule has 2 unspecified atom stereocenters. The van der Waals surface area contributed by atoms with E-state index in [0.717, 1.165) is 19.4 Å². The van der Waals surface area contributed by atoms with E-state index in [1.165, 1.54) is 6.92 Å². The number of ketones is 1. The molecular formula is C8H15NO2. The summed E-state index contributed by atoms with van der Waals surface area (Å²) in [6, 6.07) is 0.355. The van der Waals surface area contributed by atoms with Crippen LogP contribution in [0.5, 0.6) is 0 Å². The van der Waals surface area contributed by atoms with Crippen molar-refractivity contribution in [2.24, 2.45) is 0 Å². The van der Waals surface area contributed by atoms with Crippen LogP contribution in [0.15, 0.2) is 0 Å². The Morgan fingerprint density at radius 1 is 1.82 bits per heavy atom. The Balaban J connectivity index is 2.23. The maximum atomic E-state index is 10.7. The van der Waals surface area contributed by atoms with Crippen molar-refractivity contribution in [2.45, 2.75) is 38.3 Å². The van der Waals surface area contributed by atoms with Gasteiger partial charge in [0, 0.05) is 6.04 Å². The number of nitrogens with one attached hydrogen (secondary N) is 1. The summed E-state index contributed by atoms with van der Waals surface area (Å²) in [5.41, 5.74) is 0. The Hall–Kier alpha value is -0.410. The molecule has 1 aliphatic rings. The molecule has 0 amide bonds. The first kappa shape index (κ1) is 8.68. The molecule has 1 rings (SSSR count). The summed E-state index contributed by atoms with van der Waals surface area (Å²) >= 11 is 0. The number of carbonyl (C=O) groups excluding carboxylic acids is 1. The fraction of sp³-hybridized carbons (Fsp3) is 0.875. The minimum Gasteiger partial charge on any atom is -0.385 e. The van der Waals surface area contributed by atoms with E-state index < -0.39 is 6.10 Å². The van der Waals surface area contributed by atoms with Gasteiger partial charge >= 0.3 is 0 Å². The topological polar surface area (TPSA) is 49.3 Å². The minimum atomic E-state index is -0.759. The predicted octanol–water partition coefficient (Wildman–Crippen LogP) is 0.0784. The Kier molecular flexibility index (Phi) is 3.02. The van der Waals surface area contributed by atoms with E-state index in [9.17, 15) is 9.90 Å². The van der Waals surface area contributed by atoms with Gasteiger partial charge in [-0.3, -0.25) is 4.79 Å². The van der Waals surface area contributed by atoms with E-state index in [4.69, 9.17) is 0 Å². The second-order valence-corrected chi connectivity index (χ2v) is 3.16. The molecule has 0 saturated carbocycles. The summed E-state index contributed by atoms with van der Waals surface area (Å²) in [4.78, 5) is 10.7. The van der Waals surface area contributed by atoms with E-state index in [0.29, 0.717) is 12.5 Å². The van der Waals surface area contributed by atoms with Crippen LogP contribution >= 0.6 is 0 Å². The van der Waals surface area contributed by atoms with Crippen molar-refractivity contribution in [1.82, 2.24) is 5.32 Å². The maximum Gasteiger partial charge on any atom is 0.158 e. The lowest BCUT2D eigenvalue weighted by molar-refractivity contribution is -0.125. The van der Waals surface area contributed by atoms with Gasteiger partial charge in [0.2, 0.25) is 0 Å². The molecule has 1 fully saturated rings. The Bertz CT molecular complexity index is 141. The molecule has 0 aliphatic carbocycles. The molecule has 0 radical (unpaired) electrons. The highest BCUT2D eigenvalue weighted by Crippen LogP contribution is 2.10. The minimum absolute atomic E-state index is 0.126. The van der Waals surface area contributed by atoms with E-state index in [1.54, 1.807) is 0 Å². The molecule has 0 bridgehead atoms. The number of aliphatic hydroxyl groups is 1. The van der Waals surface area contributed by atoms with Crippen LogP contribution in [0.3, 0.4) is 0 Å². The highest BCUT2D eigenvalue weighted by Gasteiger charge is 2.19. The quantitative estimate of drug-likeness (QED) is 0.610. The molecule has 3 heteroatoms. The van der Waals surface area contributed by atoms with E-state index in [2.05, 4.69) is 5.32 Å². The third-order valence-corrected chi connectivity index (χ3v) is 2.14. The van der Waals surface area contributed by atoms with Crippen LogP contribution < -0.4 is 5.32 Å². The van der Waals surface area contributed by atoms with Gasteiger partial charge in [0.15, 0.2) is 5.78 Å². The lowest BCUT2D eigenvalue weighted by Crippen LogP contribution is -2.29. The van der Waals surface area contributed by atoms with Gasteiger partial charge in [-0.15, -0.1) is 0 Å². The van der Waals surface area contributed by atoms with Crippen molar-refractivity contribution >= 4 is 5.78 Å². The van der Waals surface area contributed by atoms with Gasteiger partial charge in [-0.25, -0.2) is 0 Å². The third-order valence-electron chi connectivity index (χ3n) is 2.14. The molecule has 64 valence electrons. The lowest BCUT2D eigenvalue weighted by Gasteiger charge is -2.12. The standard InChI is InChI=1S/C8H15NO2/c1-6(10)8(11)5-7-3-2-4-9-7/h7-9,11H,2-5H2,1H3. The van der Waals surface area contributed by atoms with Crippen molar-refractivity contribution in [3.05, 3.63) is 0 Å². The lowest BCUT2D eigenvalue weighted by atomic mass is 10.1. The monoisotopic (exact) mass is 157 g/mol. The summed E-state index contributed by atoms with van der Waals surface area (Å²) in [5, 5.41) is 12.4. The summed E-state index contributed by atoms with van der Waals surface area (Å²) in [6.45, 7) is 2.45. The fourth-order valence-electron chi connectivity index (χ4n) is 1.39. The molecular weight excluding hydrogens is 142 g/mol. The zero-order valence-corrected chi connectivity index (χ0v) is 6.84. The average Bonchev–Trinajstić information content (AvgIpc) is 2.39. The van der Waals surface area contributed by atoms with Gasteiger partial charge in [-0.2, -0.15) is 0 Å². The molecule has 2 atom stereocenters. The molecule has 0 spiro atoms. The van der Waals surface area contributed by atoms with Gasteiger partial charge in [-0.1, -0.05) is 0 Å². The molecule has 11 heavy (non-hydrogen) atoms. The second kappa shape index (κ2) is 3.83. The maximum absolute atomic E-state index is 10.7. The summed E-state index contributed by atoms with van der Waals surface area (Å²) in [7, 11) is 0. The van der Waals surface area contributed by atoms with Crippen LogP contribution in [0.1, 0.15) is 26.2 Å². The molecule has 1 heterocycles. The van der Waals surface area contributed by atoms with Crippen LogP contribution in [0.2, 0.25) is 0 Å². The fourth-order valence-corrected chi connectivity index (χ4v) is 1.39. The van der Waals surface area contributed by atoms with Crippen LogP contribution in [0.4, 0.5) is 0 Å². The molecule has 0 aromatic carbocycles. The van der Waals surface area contributed by atoms with Gasteiger partial charge < -0.3 is 10.4 Å². The summed E-state index contributed by atoms with van der Waals surface area (Å²) in [5.74, 6) is -0.126. The zero-order valence-electron chi connectivity index (χ0n) is 6.84. The largest absolute Gasteiger partial charge is 0.385 e. The average molecular weight is 157 g/mol. The first-order valence-corrected chi connectivity index (χ1v) is 4.12. The van der Waals surface area contributed by atoms with Gasteiger partial charge in [0.25, 0.3) is 0 Å². The first-order chi connectivity index (χ1) is 5.20. The van der Waals surface area contributed by atoms with E-state index in [1.807, 2.05) is 0 Å². The normalized spacial score (nSPS) is 26.9. The summed E-state index contributed by atoms with van der Waals surface area (Å²) in [6.07, 6.45) is 2.07. The molecule has 2 N–H and O–H groups in total. The van der Waals surface area contributed by atoms with Crippen molar-refractivity contribution < 1.29 is 9.90 Å². The number of hydrogen-bond donors (Lipinski definition) is 2. The molecule has 0 aromatic heterocycles. The molecule has 0 aromatic rings. The third kappa shape index (κ3) is 2.60. The Morgan fingerprint density at radius 2 is 2.55 bits per heavy atom. The van der Waals surface area contributed by atoms with E-state index >= 15 is 0 Å². The van der Waals surface area contributed by atoms with Gasteiger partial charge in [0.05, 0.1) is 0 Å². The Morgan fingerprint density at radius 3 is 3.00 bits per heavy atom. The number of carbonyl (C=O) groups is 1. The highest BCUT2D eigenvalue weighted by molar-refractivity contribution is 5.80. The molecule has 1 aliphatic heterocycles. The van der Waals surface area contributed by atoms with Crippen molar-refractivity contribution in [3.8, 4) is 0 Å². The number of rotatable bonds is 3. The number of aliphatic hydroxyl groups excluding tert-OH is 1. The number of hydrogen-bond acceptors (Lipinski definition) is 3. The van der Waals surface area contributed by atoms with E-state index in [-0.39, 0.29) is 5.78 Å². The summed E-state index contributed by atoms with van der Waals surface area (Å²) < 4.78 is 0. The van der Waals surface area contributed by atoms with Crippen LogP contribution in [-0.4, -0.2) is 29.6 Å². The predicted molar refractivity (Wildman–Crippen MR) is 42.3 cm³/mol. The highest BCUT2D eigenvalue weighted by atomic mass is 16.3. The zero-order chi connectivity index (χ0) is 8.27. The van der Waals surface area contributed by atoms with Crippen molar-refractivity contribution in [3.63, 3.8) is 0 Å². The second-order valence-electron chi connectivity index (χ2n) is 3.16. The van der Waals surface area contributed by atoms with Crippen LogP contribution in [0, 0.1) is 0 Å². The van der Waals surface area contributed by atoms with Gasteiger partial charge in [-0.05, 0) is 32.7 Å². The molecule has 1 saturated heterocycles. The van der Waals surface area contributed by atoms with Crippen LogP contribution in [0.25, 0.3) is 0 Å².